The molecule has 1 fully saturated rings. The molecule has 1 saturated heterocycles. The first-order valence-electron chi connectivity index (χ1n) is 6.17. The summed E-state index contributed by atoms with van der Waals surface area (Å²) < 4.78 is 0. The Labute approximate surface area is 106 Å². The van der Waals surface area contributed by atoms with Crippen LogP contribution < -0.4 is 11.3 Å². The number of nitrogens with zero attached hydrogens (tertiary/aromatic N) is 2. The maximum absolute atomic E-state index is 10.9. The highest BCUT2D eigenvalue weighted by Gasteiger charge is 2.19. The minimum atomic E-state index is -0.408. The van der Waals surface area contributed by atoms with Crippen molar-refractivity contribution in [3.8, 4) is 0 Å². The summed E-state index contributed by atoms with van der Waals surface area (Å²) in [6, 6.07) is 5.06. The van der Waals surface area contributed by atoms with E-state index in [9.17, 15) is 10.1 Å². The summed E-state index contributed by atoms with van der Waals surface area (Å²) in [5.74, 6) is 5.42. The van der Waals surface area contributed by atoms with Crippen LogP contribution in [0, 0.1) is 10.1 Å². The molecule has 0 aliphatic carbocycles. The van der Waals surface area contributed by atoms with E-state index in [1.165, 1.54) is 25.3 Å². The second kappa shape index (κ2) is 5.79. The number of nitrogen functional groups attached to an aromatic ring is 1. The number of likely N-dealkylation sites (tertiary alicyclic amines) is 1. The highest BCUT2D eigenvalue weighted by atomic mass is 16.6. The van der Waals surface area contributed by atoms with Gasteiger partial charge in [-0.25, -0.2) is 0 Å². The molecule has 1 aliphatic rings. The van der Waals surface area contributed by atoms with Crippen molar-refractivity contribution in [2.75, 3.05) is 18.5 Å². The number of para-hydroxylation sites is 1. The molecular formula is C12H18N4O2. The summed E-state index contributed by atoms with van der Waals surface area (Å²) in [6.45, 7) is 2.81. The van der Waals surface area contributed by atoms with Gasteiger partial charge in [0, 0.05) is 12.6 Å². The summed E-state index contributed by atoms with van der Waals surface area (Å²) >= 11 is 0. The van der Waals surface area contributed by atoms with Gasteiger partial charge in [-0.3, -0.25) is 20.9 Å². The van der Waals surface area contributed by atoms with Gasteiger partial charge in [-0.2, -0.15) is 0 Å². The molecule has 0 amide bonds. The van der Waals surface area contributed by atoms with Crippen LogP contribution in [0.1, 0.15) is 24.8 Å². The van der Waals surface area contributed by atoms with E-state index in [1.807, 2.05) is 6.07 Å². The number of nitro groups is 1. The van der Waals surface area contributed by atoms with Crippen molar-refractivity contribution in [1.29, 1.82) is 0 Å². The SMILES string of the molecule is NNc1c(CN2CCCCC2)cccc1[N+](=O)[O-]. The molecule has 1 aliphatic heterocycles. The Hall–Kier alpha value is -1.66. The van der Waals surface area contributed by atoms with Crippen LogP contribution in [0.5, 0.6) is 0 Å². The standard InChI is InChI=1S/C12H18N4O2/c13-14-12-10(5-4-6-11(12)16(17)18)9-15-7-2-1-3-8-15/h4-6,14H,1-3,7-9,13H2. The molecule has 0 bridgehead atoms. The normalized spacial score (nSPS) is 16.5. The Morgan fingerprint density at radius 3 is 2.67 bits per heavy atom. The number of hydrogen-bond acceptors (Lipinski definition) is 5. The van der Waals surface area contributed by atoms with Crippen molar-refractivity contribution < 1.29 is 4.92 Å². The molecule has 6 heteroatoms. The van der Waals surface area contributed by atoms with Crippen LogP contribution in [0.4, 0.5) is 11.4 Å². The fourth-order valence-electron chi connectivity index (χ4n) is 2.40. The summed E-state index contributed by atoms with van der Waals surface area (Å²) in [7, 11) is 0. The van der Waals surface area contributed by atoms with E-state index in [-0.39, 0.29) is 5.69 Å². The molecule has 1 aromatic carbocycles. The molecule has 18 heavy (non-hydrogen) atoms. The quantitative estimate of drug-likeness (QED) is 0.484. The number of piperidine rings is 1. The van der Waals surface area contributed by atoms with Crippen LogP contribution in [0.25, 0.3) is 0 Å². The minimum absolute atomic E-state index is 0.0343. The van der Waals surface area contributed by atoms with E-state index in [0.29, 0.717) is 12.2 Å². The Balaban J connectivity index is 2.20. The average molecular weight is 250 g/mol. The highest BCUT2D eigenvalue weighted by Crippen LogP contribution is 2.28. The maximum atomic E-state index is 10.9. The van der Waals surface area contributed by atoms with Gasteiger partial charge < -0.3 is 5.43 Å². The Morgan fingerprint density at radius 1 is 1.33 bits per heavy atom. The van der Waals surface area contributed by atoms with Crippen LogP contribution in [0.3, 0.4) is 0 Å². The predicted molar refractivity (Wildman–Crippen MR) is 70.0 cm³/mol. The van der Waals surface area contributed by atoms with Gasteiger partial charge in [0.1, 0.15) is 5.69 Å². The van der Waals surface area contributed by atoms with Gasteiger partial charge in [0.25, 0.3) is 5.69 Å². The van der Waals surface area contributed by atoms with E-state index in [2.05, 4.69) is 10.3 Å². The Bertz CT molecular complexity index is 430. The van der Waals surface area contributed by atoms with Gasteiger partial charge in [0.05, 0.1) is 4.92 Å². The molecule has 1 heterocycles. The summed E-state index contributed by atoms with van der Waals surface area (Å²) in [6.07, 6.45) is 3.66. The monoisotopic (exact) mass is 250 g/mol. The van der Waals surface area contributed by atoms with E-state index in [1.54, 1.807) is 6.07 Å². The minimum Gasteiger partial charge on any atom is -0.318 e. The van der Waals surface area contributed by atoms with Crippen LogP contribution in [-0.4, -0.2) is 22.9 Å². The molecule has 98 valence electrons. The van der Waals surface area contributed by atoms with Crippen LogP contribution >= 0.6 is 0 Å². The number of benzene rings is 1. The number of hydrogen-bond donors (Lipinski definition) is 2. The van der Waals surface area contributed by atoms with E-state index < -0.39 is 4.92 Å². The average Bonchev–Trinajstić information content (AvgIpc) is 2.39. The van der Waals surface area contributed by atoms with Gasteiger partial charge in [0.15, 0.2) is 0 Å². The highest BCUT2D eigenvalue weighted by molar-refractivity contribution is 5.65. The largest absolute Gasteiger partial charge is 0.318 e. The third-order valence-electron chi connectivity index (χ3n) is 3.31. The van der Waals surface area contributed by atoms with Crippen molar-refractivity contribution in [2.24, 2.45) is 5.84 Å². The topological polar surface area (TPSA) is 84.4 Å². The molecule has 0 unspecified atom stereocenters. The molecule has 0 atom stereocenters. The van der Waals surface area contributed by atoms with Crippen LogP contribution in [-0.2, 0) is 6.54 Å². The van der Waals surface area contributed by atoms with Crippen LogP contribution in [0.15, 0.2) is 18.2 Å². The number of anilines is 1. The molecule has 0 spiro atoms. The van der Waals surface area contributed by atoms with Crippen molar-refractivity contribution >= 4 is 11.4 Å². The third kappa shape index (κ3) is 2.77. The fraction of sp³-hybridized carbons (Fsp3) is 0.500. The van der Waals surface area contributed by atoms with E-state index in [0.717, 1.165) is 18.7 Å². The molecule has 6 nitrogen and oxygen atoms in total. The molecule has 0 aromatic heterocycles. The number of nitrogens with one attached hydrogen (secondary N) is 1. The molecule has 0 saturated carbocycles. The second-order valence-electron chi connectivity index (χ2n) is 4.55. The van der Waals surface area contributed by atoms with Crippen molar-refractivity contribution in [1.82, 2.24) is 4.90 Å². The second-order valence-corrected chi connectivity index (χ2v) is 4.55. The summed E-state index contributed by atoms with van der Waals surface area (Å²) in [5.41, 5.74) is 3.81. The van der Waals surface area contributed by atoms with Gasteiger partial charge in [0.2, 0.25) is 0 Å². The Morgan fingerprint density at radius 2 is 2.06 bits per heavy atom. The van der Waals surface area contributed by atoms with Gasteiger partial charge >= 0.3 is 0 Å². The number of nitro benzene ring substituents is 1. The molecule has 2 rings (SSSR count). The van der Waals surface area contributed by atoms with Crippen molar-refractivity contribution in [2.45, 2.75) is 25.8 Å². The summed E-state index contributed by atoms with van der Waals surface area (Å²) in [4.78, 5) is 12.8. The lowest BCUT2D eigenvalue weighted by Crippen LogP contribution is -2.29. The van der Waals surface area contributed by atoms with Gasteiger partial charge in [-0.05, 0) is 31.5 Å². The first kappa shape index (κ1) is 12.8. The molecule has 3 N–H and O–H groups in total. The molecule has 1 aromatic rings. The van der Waals surface area contributed by atoms with Gasteiger partial charge in [-0.15, -0.1) is 0 Å². The fourth-order valence-corrected chi connectivity index (χ4v) is 2.40. The lowest BCUT2D eigenvalue weighted by Gasteiger charge is -2.27. The van der Waals surface area contributed by atoms with E-state index in [4.69, 9.17) is 5.84 Å². The van der Waals surface area contributed by atoms with Crippen LogP contribution in [0.2, 0.25) is 0 Å². The smallest absolute Gasteiger partial charge is 0.293 e. The number of nitrogens with two attached hydrogens (primary N) is 1. The Kier molecular flexibility index (Phi) is 4.11. The maximum Gasteiger partial charge on any atom is 0.293 e. The van der Waals surface area contributed by atoms with Gasteiger partial charge in [-0.1, -0.05) is 18.6 Å². The van der Waals surface area contributed by atoms with Crippen molar-refractivity contribution in [3.05, 3.63) is 33.9 Å². The van der Waals surface area contributed by atoms with E-state index >= 15 is 0 Å². The van der Waals surface area contributed by atoms with Crippen molar-refractivity contribution in [3.63, 3.8) is 0 Å². The zero-order valence-corrected chi connectivity index (χ0v) is 10.3. The lowest BCUT2D eigenvalue weighted by atomic mass is 10.1. The predicted octanol–water partition coefficient (Wildman–Crippen LogP) is 1.87. The summed E-state index contributed by atoms with van der Waals surface area (Å²) in [5, 5.41) is 10.9. The first-order chi connectivity index (χ1) is 8.72. The number of hydrazine groups is 1. The third-order valence-corrected chi connectivity index (χ3v) is 3.31. The molecular weight excluding hydrogens is 232 g/mol. The lowest BCUT2D eigenvalue weighted by molar-refractivity contribution is -0.384. The molecule has 0 radical (unpaired) electrons. The zero-order valence-electron chi connectivity index (χ0n) is 10.3. The zero-order chi connectivity index (χ0) is 13.0. The number of rotatable bonds is 4. The first-order valence-corrected chi connectivity index (χ1v) is 6.17.